The molecule has 0 bridgehead atoms. The summed E-state index contributed by atoms with van der Waals surface area (Å²) in [6.45, 7) is 1.46. The smallest absolute Gasteiger partial charge is 0.349 e. The SMILES string of the molecule is O=P(O)(O)CN(CCCCCCN(CCCCCCN(C[P+](O)(O)O)C[P+](O)(O)O)CP(O)O)CP(=O)(O)O. The van der Waals surface area contributed by atoms with E-state index in [9.17, 15) is 48.3 Å². The van der Waals surface area contributed by atoms with Gasteiger partial charge in [-0.1, -0.05) is 25.7 Å². The Morgan fingerprint density at radius 3 is 1.10 bits per heavy atom. The highest BCUT2D eigenvalue weighted by Crippen LogP contribution is 2.50. The average molecular weight is 671 g/mol. The van der Waals surface area contributed by atoms with Crippen molar-refractivity contribution < 1.29 is 67.9 Å². The van der Waals surface area contributed by atoms with E-state index >= 15 is 0 Å². The summed E-state index contributed by atoms with van der Waals surface area (Å²) in [6, 6.07) is 0. The minimum Gasteiger partial charge on any atom is -0.349 e. The fourth-order valence-electron chi connectivity index (χ4n) is 3.91. The van der Waals surface area contributed by atoms with Gasteiger partial charge in [-0.05, 0) is 45.3 Å². The molecule has 17 nitrogen and oxygen atoms in total. The van der Waals surface area contributed by atoms with Crippen LogP contribution in [-0.4, -0.2) is 131 Å². The van der Waals surface area contributed by atoms with Crippen LogP contribution in [0.15, 0.2) is 0 Å². The molecule has 0 aromatic heterocycles. The van der Waals surface area contributed by atoms with E-state index in [4.69, 9.17) is 19.6 Å². The van der Waals surface area contributed by atoms with Gasteiger partial charge in [0, 0.05) is 6.54 Å². The Morgan fingerprint density at radius 1 is 0.513 bits per heavy atom. The highest BCUT2D eigenvalue weighted by Gasteiger charge is 2.40. The fraction of sp³-hybridized carbons (Fsp3) is 1.00. The standard InChI is InChI=1S/C17H44N3O14P5/c21-35(22)13-18(9-5-1-3-7-11-19(14-36(23,24)25)15-37(26,27)28)10-6-2-4-8-12-20(16-38(29,30)31)17-39(32,33)34/h21-28H,1-17H2,(H2-2,29,30,31,32,33,34)/p+2. The number of hydrogen-bond acceptors (Lipinski definition) is 13. The molecule has 0 aliphatic rings. The third kappa shape index (κ3) is 29.0. The van der Waals surface area contributed by atoms with Crippen molar-refractivity contribution in [3.63, 3.8) is 0 Å². The molecule has 0 spiro atoms. The lowest BCUT2D eigenvalue weighted by molar-refractivity contribution is 0.242. The summed E-state index contributed by atoms with van der Waals surface area (Å²) in [7, 11) is -19.5. The summed E-state index contributed by atoms with van der Waals surface area (Å²) in [4.78, 5) is 115. The molecule has 39 heavy (non-hydrogen) atoms. The molecule has 22 heteroatoms. The van der Waals surface area contributed by atoms with Gasteiger partial charge in [-0.15, -0.1) is 0 Å². The van der Waals surface area contributed by atoms with E-state index < -0.39 is 64.6 Å². The predicted molar refractivity (Wildman–Crippen MR) is 149 cm³/mol. The summed E-state index contributed by atoms with van der Waals surface area (Å²) < 4.78 is 22.4. The van der Waals surface area contributed by atoms with Crippen molar-refractivity contribution in [3.05, 3.63) is 0 Å². The maximum Gasteiger partial charge on any atom is 0.419 e. The van der Waals surface area contributed by atoms with Crippen molar-refractivity contribution in [2.45, 2.75) is 51.4 Å². The molecular weight excluding hydrogens is 625 g/mol. The first-order valence-electron chi connectivity index (χ1n) is 12.2. The lowest BCUT2D eigenvalue weighted by Crippen LogP contribution is -2.30. The molecule has 0 heterocycles. The van der Waals surface area contributed by atoms with Gasteiger partial charge in [0.2, 0.25) is 0 Å². The molecule has 0 amide bonds. The van der Waals surface area contributed by atoms with Crippen LogP contribution in [0.4, 0.5) is 0 Å². The zero-order valence-electron chi connectivity index (χ0n) is 21.8. The van der Waals surface area contributed by atoms with Crippen LogP contribution in [0.2, 0.25) is 0 Å². The van der Waals surface area contributed by atoms with E-state index in [2.05, 4.69) is 0 Å². The normalized spacial score (nSPS) is 13.9. The van der Waals surface area contributed by atoms with Crippen molar-refractivity contribution >= 4 is 39.5 Å². The van der Waals surface area contributed by atoms with E-state index in [0.29, 0.717) is 45.2 Å². The maximum atomic E-state index is 11.2. The molecule has 0 atom stereocenters. The van der Waals surface area contributed by atoms with Crippen LogP contribution in [0.3, 0.4) is 0 Å². The summed E-state index contributed by atoms with van der Waals surface area (Å²) in [5.74, 6) is 0. The molecule has 236 valence electrons. The quantitative estimate of drug-likeness (QED) is 0.0472. The molecule has 0 unspecified atom stereocenters. The minimum atomic E-state index is -4.47. The maximum absolute atomic E-state index is 11.2. The van der Waals surface area contributed by atoms with E-state index in [1.54, 1.807) is 0 Å². The summed E-state index contributed by atoms with van der Waals surface area (Å²) in [6.07, 6.45) is 2.65. The number of nitrogens with zero attached hydrogens (tertiary/aromatic N) is 3. The first kappa shape index (κ1) is 40.1. The van der Waals surface area contributed by atoms with Gasteiger partial charge >= 0.3 is 31.1 Å². The summed E-state index contributed by atoms with van der Waals surface area (Å²) in [5.41, 5.74) is 0. The summed E-state index contributed by atoms with van der Waals surface area (Å²) >= 11 is 0. The van der Waals surface area contributed by atoms with Crippen LogP contribution in [0.1, 0.15) is 51.4 Å². The lowest BCUT2D eigenvalue weighted by atomic mass is 10.1. The highest BCUT2D eigenvalue weighted by atomic mass is 31.2. The first-order chi connectivity index (χ1) is 17.7. The Bertz CT molecular complexity index is 706. The second kappa shape index (κ2) is 19.4. The van der Waals surface area contributed by atoms with Crippen molar-refractivity contribution in [2.24, 2.45) is 0 Å². The van der Waals surface area contributed by atoms with Gasteiger partial charge in [0.05, 0.1) is 6.29 Å². The monoisotopic (exact) mass is 671 g/mol. The second-order valence-electron chi connectivity index (χ2n) is 9.53. The third-order valence-corrected chi connectivity index (χ3v) is 9.02. The van der Waals surface area contributed by atoms with Crippen LogP contribution in [-0.2, 0) is 9.13 Å². The van der Waals surface area contributed by atoms with Crippen LogP contribution < -0.4 is 0 Å². The van der Waals surface area contributed by atoms with E-state index in [1.807, 2.05) is 4.90 Å². The third-order valence-electron chi connectivity index (χ3n) is 5.27. The molecule has 0 aliphatic heterocycles. The molecule has 0 radical (unpaired) electrons. The Labute approximate surface area is 231 Å². The number of rotatable bonds is 24. The molecule has 0 saturated heterocycles. The van der Waals surface area contributed by atoms with Gasteiger partial charge in [-0.25, -0.2) is 4.90 Å². The Hall–Kier alpha value is 1.15. The summed E-state index contributed by atoms with van der Waals surface area (Å²) in [5, 5.41) is 0. The predicted octanol–water partition coefficient (Wildman–Crippen LogP) is -0.0684. The molecule has 0 rings (SSSR count). The average Bonchev–Trinajstić information content (AvgIpc) is 2.67. The van der Waals surface area contributed by atoms with Crippen LogP contribution in [0, 0.1) is 0 Å². The molecule has 12 N–H and O–H groups in total. The van der Waals surface area contributed by atoms with Crippen LogP contribution >= 0.6 is 39.5 Å². The zero-order valence-corrected chi connectivity index (χ0v) is 26.3. The van der Waals surface area contributed by atoms with Gasteiger partial charge in [0.15, 0.2) is 20.9 Å². The largest absolute Gasteiger partial charge is 0.419 e. The van der Waals surface area contributed by atoms with Crippen molar-refractivity contribution in [1.82, 2.24) is 14.7 Å². The van der Waals surface area contributed by atoms with Crippen LogP contribution in [0.25, 0.3) is 0 Å². The lowest BCUT2D eigenvalue weighted by Gasteiger charge is -2.24. The molecule has 0 aliphatic carbocycles. The van der Waals surface area contributed by atoms with E-state index in [1.165, 1.54) is 4.90 Å². The van der Waals surface area contributed by atoms with Gasteiger partial charge in [-0.3, -0.25) is 18.9 Å². The molecule has 0 aromatic rings. The van der Waals surface area contributed by atoms with Crippen molar-refractivity contribution in [3.8, 4) is 0 Å². The molecule has 0 fully saturated rings. The topological polar surface area (TPSA) is 287 Å². The number of unbranched alkanes of at least 4 members (excludes halogenated alkanes) is 6. The Morgan fingerprint density at radius 2 is 0.821 bits per heavy atom. The molecule has 0 saturated carbocycles. The van der Waals surface area contributed by atoms with Crippen molar-refractivity contribution in [1.29, 1.82) is 0 Å². The Balaban J connectivity index is 4.37. The van der Waals surface area contributed by atoms with Crippen LogP contribution in [0.5, 0.6) is 0 Å². The van der Waals surface area contributed by atoms with Gasteiger partial charge in [-0.2, -0.15) is 29.4 Å². The van der Waals surface area contributed by atoms with Gasteiger partial charge in [0.25, 0.3) is 0 Å². The van der Waals surface area contributed by atoms with Crippen molar-refractivity contribution in [2.75, 3.05) is 57.6 Å². The Kier molecular flexibility index (Phi) is 20.0. The molecular formula is C17H46N3O14P5+2. The first-order valence-corrected chi connectivity index (χ1v) is 20.9. The van der Waals surface area contributed by atoms with E-state index in [-0.39, 0.29) is 19.4 Å². The fourth-order valence-corrected chi connectivity index (χ4v) is 7.95. The highest BCUT2D eigenvalue weighted by molar-refractivity contribution is 7.59. The number of hydrogen-bond donors (Lipinski definition) is 12. The zero-order chi connectivity index (χ0) is 30.3. The molecule has 0 aromatic carbocycles. The minimum absolute atomic E-state index is 0.103. The van der Waals surface area contributed by atoms with E-state index in [0.717, 1.165) is 24.2 Å². The van der Waals surface area contributed by atoms with Gasteiger partial charge in [0.1, 0.15) is 12.6 Å². The van der Waals surface area contributed by atoms with Gasteiger partial charge < -0.3 is 29.4 Å². The second-order valence-corrected chi connectivity index (χ2v) is 17.1.